The van der Waals surface area contributed by atoms with Gasteiger partial charge in [0.2, 0.25) is 0 Å². The number of hydrogen-bond acceptors (Lipinski definition) is 0. The van der Waals surface area contributed by atoms with Crippen molar-refractivity contribution >= 4 is 25.2 Å². The molecule has 0 aromatic rings. The highest BCUT2D eigenvalue weighted by molar-refractivity contribution is 5.76. The highest BCUT2D eigenvalue weighted by Gasteiger charge is 0.0825. The van der Waals surface area contributed by atoms with E-state index < -0.39 is 0 Å². The van der Waals surface area contributed by atoms with E-state index in [1.807, 2.05) is 0 Å². The average molecular weight is 80.5 g/mol. The molecule has 0 heterocycles. The van der Waals surface area contributed by atoms with Crippen molar-refractivity contribution in [3.63, 3.8) is 0 Å². The number of rotatable bonds is 0. The van der Waals surface area contributed by atoms with Crippen LogP contribution in [0.1, 0.15) is 0 Å². The van der Waals surface area contributed by atoms with Gasteiger partial charge in [-0.25, -0.2) is 0 Å². The second-order valence-corrected chi connectivity index (χ2v) is 0. The van der Waals surface area contributed by atoms with Crippen LogP contribution >= 0.6 is 0 Å². The first-order chi connectivity index (χ1) is 0. The van der Waals surface area contributed by atoms with E-state index in [1.165, 1.54) is 0 Å². The van der Waals surface area contributed by atoms with Gasteiger partial charge in [0.25, 0.3) is 0 Å². The molecule has 0 aliphatic heterocycles. The van der Waals surface area contributed by atoms with Crippen molar-refractivity contribution in [1.82, 2.24) is 18.5 Å². The zero-order valence-electron chi connectivity index (χ0n) is 1.92. The molecule has 0 aliphatic rings. The Labute approximate surface area is 44.7 Å². The van der Waals surface area contributed by atoms with Crippen LogP contribution in [0.3, 0.4) is 0 Å². The van der Waals surface area contributed by atoms with Crippen LogP contribution in [0, 0.1) is 0 Å². The van der Waals surface area contributed by atoms with Gasteiger partial charge >= 0.3 is 0 Å². The Bertz CT molecular complexity index is 6.00. The Morgan fingerprint density at radius 1 is 0.500 bits per heavy atom. The van der Waals surface area contributed by atoms with Crippen LogP contribution in [-0.2, 0) is 0 Å². The van der Waals surface area contributed by atoms with E-state index in [-0.39, 0.29) is 43.7 Å². The maximum atomic E-state index is 0. The maximum absolute atomic E-state index is 0. The fourth-order valence-electron chi connectivity index (χ4n) is 0. The Hall–Kier alpha value is 0.0748. The van der Waals surface area contributed by atoms with Gasteiger partial charge in [-0.3, -0.25) is 0 Å². The number of hydrogen-bond donors (Lipinski definition) is 0. The zero-order valence-corrected chi connectivity index (χ0v) is 1.92. The molecule has 6 heteroatoms. The first-order valence-corrected chi connectivity index (χ1v) is 0. The monoisotopic (exact) mass is 81.1 g/mol. The lowest BCUT2D eigenvalue weighted by Crippen LogP contribution is -0.482. The van der Waals surface area contributed by atoms with Crippen molar-refractivity contribution in [3.8, 4) is 0 Å². The minimum absolute atomic E-state index is 0. The van der Waals surface area contributed by atoms with Crippen molar-refractivity contribution in [1.29, 1.82) is 0 Å². The summed E-state index contributed by atoms with van der Waals surface area (Å²) in [6.07, 6.45) is 0. The summed E-state index contributed by atoms with van der Waals surface area (Å²) in [6.45, 7) is 0. The van der Waals surface area contributed by atoms with E-state index in [4.69, 9.17) is 0 Å². The third kappa shape index (κ3) is 6880. The van der Waals surface area contributed by atoms with Crippen LogP contribution in [0.25, 0.3) is 0 Å². The van der Waals surface area contributed by atoms with E-state index in [0.29, 0.717) is 0 Å². The highest BCUT2D eigenvalue weighted by Crippen LogP contribution is -0.379. The average Bonchev–Trinajstić information content (AvgIpc) is 0. The van der Waals surface area contributed by atoms with E-state index in [2.05, 4.69) is 0 Å². The van der Waals surface area contributed by atoms with Gasteiger partial charge in [-0.2, -0.15) is 0 Å². The molecule has 6 heavy (non-hydrogen) atoms. The largest absolute Gasteiger partial charge is 0.0814 e. The molecule has 0 bridgehead atoms. The molecular formula is H6B3N3. The molecule has 0 N–H and O–H groups in total. The van der Waals surface area contributed by atoms with Gasteiger partial charge in [-0.05, 0) is 0 Å². The summed E-state index contributed by atoms with van der Waals surface area (Å²) in [6, 6.07) is 0. The normalized spacial score (nSPS) is 0. The summed E-state index contributed by atoms with van der Waals surface area (Å²) < 4.78 is 0. The van der Waals surface area contributed by atoms with Crippen molar-refractivity contribution in [2.75, 3.05) is 0 Å². The smallest absolute Gasteiger partial charge is 0 e. The predicted octanol–water partition coefficient (Wildman–Crippen LogP) is -4.19. The van der Waals surface area contributed by atoms with Gasteiger partial charge in [0.1, 0.15) is 0 Å². The Morgan fingerprint density at radius 2 is 0.500 bits per heavy atom. The molecule has 0 spiro atoms. The third-order valence-corrected chi connectivity index (χ3v) is 0. The summed E-state index contributed by atoms with van der Waals surface area (Å²) in [4.78, 5) is 0. The molecule has 30 valence electrons. The molecule has 0 rings (SSSR count). The van der Waals surface area contributed by atoms with Crippen molar-refractivity contribution in [2.45, 2.75) is 0 Å². The lowest BCUT2D eigenvalue weighted by Gasteiger charge is -0.00100. The minimum Gasteiger partial charge on any atom is 0 e. The lowest BCUT2D eigenvalue weighted by atomic mass is 10.8. The molecule has 0 amide bonds. The van der Waals surface area contributed by atoms with E-state index in [0.717, 1.165) is 0 Å². The van der Waals surface area contributed by atoms with Crippen LogP contribution in [0.5, 0.6) is 0 Å². The first kappa shape index (κ1) is 28000. The van der Waals surface area contributed by atoms with Gasteiger partial charge in [0, 0.05) is 26.9 Å². The molecule has 0 unspecified atom stereocenters. The molecule has 0 atom stereocenters. The molecule has 3 nitrogen and oxygen atoms in total. The van der Waals surface area contributed by atoms with E-state index in [9.17, 15) is 0 Å². The first-order valence-electron chi connectivity index (χ1n) is 0. The van der Waals surface area contributed by atoms with Crippen molar-refractivity contribution < 1.29 is 0 Å². The van der Waals surface area contributed by atoms with Crippen molar-refractivity contribution in [2.24, 2.45) is 0 Å². The highest BCUT2D eigenvalue weighted by atomic mass is 14.0. The summed E-state index contributed by atoms with van der Waals surface area (Å²) >= 11 is 0. The van der Waals surface area contributed by atoms with Crippen LogP contribution in [0.2, 0.25) is 0 Å². The Morgan fingerprint density at radius 3 is 0.500 bits per heavy atom. The molecule has 0 fully saturated rings. The minimum atomic E-state index is 0. The second kappa shape index (κ2) is 15100. The molecule has 12 radical (unpaired) electrons. The number of nitrogens with zero attached hydrogens (tertiary/aromatic N) is 3. The SMILES string of the molecule is B.B.[B].[N].[N].[N]. The fourth-order valence-corrected chi connectivity index (χ4v) is 0. The molecular weight excluding hydrogens is 74.5 g/mol. The van der Waals surface area contributed by atoms with Gasteiger partial charge in [0.15, 0.2) is 0 Å². The van der Waals surface area contributed by atoms with Gasteiger partial charge in [-0.1, -0.05) is 0 Å². The summed E-state index contributed by atoms with van der Waals surface area (Å²) in [5.74, 6) is 0. The van der Waals surface area contributed by atoms with E-state index in [1.54, 1.807) is 0 Å². The molecule has 0 saturated carbocycles. The van der Waals surface area contributed by atoms with Crippen LogP contribution in [-0.4, -0.2) is 25.2 Å². The van der Waals surface area contributed by atoms with Crippen molar-refractivity contribution in [3.05, 3.63) is 0 Å². The molecule has 0 saturated heterocycles. The Kier molecular flexibility index (Phi) is 70200000. The molecule has 0 aliphatic carbocycles. The zero-order chi connectivity index (χ0) is 0. The Balaban J connectivity index is 0. The topological polar surface area (TPSA) is 91.5 Å². The van der Waals surface area contributed by atoms with Gasteiger partial charge in [-0.15, -0.1) is 0 Å². The van der Waals surface area contributed by atoms with Crippen LogP contribution < -0.4 is 18.5 Å². The fraction of sp³-hybridized carbons (Fsp3) is 0. The summed E-state index contributed by atoms with van der Waals surface area (Å²) in [7, 11) is 0. The maximum Gasteiger partial charge on any atom is 0.0814 e. The summed E-state index contributed by atoms with van der Waals surface area (Å²) in [5, 5.41) is 0. The molecule has 0 aromatic carbocycles. The summed E-state index contributed by atoms with van der Waals surface area (Å²) in [5.41, 5.74) is 0. The predicted molar refractivity (Wildman–Crippen MR) is 32.0 cm³/mol. The van der Waals surface area contributed by atoms with Gasteiger partial charge in [0.05, 0.1) is 16.8 Å². The lowest BCUT2D eigenvalue weighted by molar-refractivity contribution is 2.13. The third-order valence-electron chi connectivity index (χ3n) is 0. The second-order valence-electron chi connectivity index (χ2n) is 0. The standard InChI is InChI=1S/2BH3.B.3N/h2*1H3;;;;. The molecule has 0 aromatic heterocycles. The van der Waals surface area contributed by atoms with Gasteiger partial charge < -0.3 is 0 Å². The van der Waals surface area contributed by atoms with Crippen LogP contribution in [0.4, 0.5) is 0 Å². The van der Waals surface area contributed by atoms with Crippen LogP contribution in [0.15, 0.2) is 0 Å². The van der Waals surface area contributed by atoms with E-state index >= 15 is 0 Å². The quantitative estimate of drug-likeness (QED) is 0.264.